The number of hydrogen-bond acceptors (Lipinski definition) is 10. The Labute approximate surface area is 300 Å². The van der Waals surface area contributed by atoms with Gasteiger partial charge in [0.1, 0.15) is 11.2 Å². The Morgan fingerprint density at radius 1 is 1.00 bits per heavy atom. The van der Waals surface area contributed by atoms with Crippen LogP contribution in [0.3, 0.4) is 0 Å². The molecule has 4 heterocycles. The highest BCUT2D eigenvalue weighted by atomic mass is 35.5. The second-order valence-corrected chi connectivity index (χ2v) is 13.2. The second-order valence-electron chi connectivity index (χ2n) is 12.5. The predicted molar refractivity (Wildman–Crippen MR) is 189 cm³/mol. The number of ether oxygens (including phenoxy) is 3. The average Bonchev–Trinajstić information content (AvgIpc) is 3.53. The lowest BCUT2D eigenvalue weighted by molar-refractivity contribution is -0.0901. The molecule has 3 aromatic heterocycles. The van der Waals surface area contributed by atoms with E-state index >= 15 is 0 Å². The first kappa shape index (κ1) is 35.0. The van der Waals surface area contributed by atoms with E-state index in [2.05, 4.69) is 15.3 Å². The van der Waals surface area contributed by atoms with Gasteiger partial charge in [0.25, 0.3) is 12.0 Å². The number of nitrogens with zero attached hydrogens (tertiary/aromatic N) is 5. The van der Waals surface area contributed by atoms with Crippen LogP contribution in [0, 0.1) is 0 Å². The van der Waals surface area contributed by atoms with E-state index in [0.717, 1.165) is 26.7 Å². The van der Waals surface area contributed by atoms with E-state index in [-0.39, 0.29) is 45.8 Å². The maximum Gasteiger partial charge on any atom is 0.332 e. The molecule has 1 unspecified atom stereocenters. The summed E-state index contributed by atoms with van der Waals surface area (Å²) in [4.78, 5) is 38.3. The number of alkyl halides is 2. The summed E-state index contributed by atoms with van der Waals surface area (Å²) >= 11 is 14.1. The number of halogens is 4. The lowest BCUT2D eigenvalue weighted by Crippen LogP contribution is -2.46. The van der Waals surface area contributed by atoms with Gasteiger partial charge in [-0.05, 0) is 30.5 Å². The molecule has 1 saturated heterocycles. The quantitative estimate of drug-likeness (QED) is 0.213. The van der Waals surface area contributed by atoms with Gasteiger partial charge in [-0.15, -0.1) is 0 Å². The molecule has 0 amide bonds. The van der Waals surface area contributed by atoms with Gasteiger partial charge in [-0.2, -0.15) is 0 Å². The molecule has 0 spiro atoms. The second kappa shape index (κ2) is 13.9. The van der Waals surface area contributed by atoms with Crippen LogP contribution in [0.25, 0.3) is 33.4 Å². The Balaban J connectivity index is 1.24. The van der Waals surface area contributed by atoms with Gasteiger partial charge in [0.05, 0.1) is 47.4 Å². The van der Waals surface area contributed by atoms with E-state index in [1.54, 1.807) is 31.4 Å². The SMILES string of the molecule is COc1nc(-c2cccc(-c3cccc(Nc4nc(C(F)F)nc5c4c(=O)n(C)c(=O)n5C)c3Cl)c2Cl)cc2c1CC(O[C@H]1COCC[C@@H]1N)C2. The van der Waals surface area contributed by atoms with Crippen LogP contribution in [-0.2, 0) is 36.4 Å². The van der Waals surface area contributed by atoms with E-state index in [4.69, 9.17) is 48.1 Å². The fraction of sp³-hybridized carbons (Fsp3) is 0.343. The highest BCUT2D eigenvalue weighted by molar-refractivity contribution is 6.39. The van der Waals surface area contributed by atoms with Crippen LogP contribution in [0.5, 0.6) is 5.88 Å². The minimum absolute atomic E-state index is 0.0851. The topological polar surface area (TPSA) is 148 Å². The molecule has 12 nitrogen and oxygen atoms in total. The molecule has 51 heavy (non-hydrogen) atoms. The number of benzene rings is 2. The molecule has 5 aromatic rings. The molecule has 3 atom stereocenters. The maximum absolute atomic E-state index is 13.9. The monoisotopic (exact) mass is 739 g/mol. The molecule has 2 aliphatic rings. The molecular weight excluding hydrogens is 707 g/mol. The van der Waals surface area contributed by atoms with Gasteiger partial charge in [0.15, 0.2) is 11.5 Å². The number of anilines is 2. The number of hydrogen-bond donors (Lipinski definition) is 2. The molecule has 266 valence electrons. The van der Waals surface area contributed by atoms with Crippen molar-refractivity contribution in [2.24, 2.45) is 19.8 Å². The van der Waals surface area contributed by atoms with Crippen molar-refractivity contribution in [1.29, 1.82) is 0 Å². The number of aromatic nitrogens is 5. The molecule has 3 N–H and O–H groups in total. The van der Waals surface area contributed by atoms with Gasteiger partial charge in [0.2, 0.25) is 5.88 Å². The minimum Gasteiger partial charge on any atom is -0.481 e. The Kier molecular flexibility index (Phi) is 9.54. The number of nitrogens with one attached hydrogen (secondary N) is 1. The maximum atomic E-state index is 13.9. The normalized spacial score (nSPS) is 18.7. The Morgan fingerprint density at radius 2 is 1.73 bits per heavy atom. The zero-order valence-corrected chi connectivity index (χ0v) is 29.3. The van der Waals surface area contributed by atoms with Crippen LogP contribution in [0.15, 0.2) is 52.1 Å². The first-order chi connectivity index (χ1) is 24.5. The van der Waals surface area contributed by atoms with Crippen LogP contribution in [0.1, 0.15) is 29.8 Å². The summed E-state index contributed by atoms with van der Waals surface area (Å²) in [7, 11) is 4.18. The Hall–Kier alpha value is -4.47. The van der Waals surface area contributed by atoms with Crippen molar-refractivity contribution in [3.05, 3.63) is 90.3 Å². The predicted octanol–water partition coefficient (Wildman–Crippen LogP) is 5.35. The molecule has 7 rings (SSSR count). The third-order valence-corrected chi connectivity index (χ3v) is 10.1. The first-order valence-electron chi connectivity index (χ1n) is 16.1. The summed E-state index contributed by atoms with van der Waals surface area (Å²) in [5.74, 6) is -0.620. The molecule has 0 bridgehead atoms. The third kappa shape index (κ3) is 6.35. The number of aryl methyl sites for hydroxylation is 1. The van der Waals surface area contributed by atoms with Crippen molar-refractivity contribution >= 4 is 45.7 Å². The molecule has 2 aromatic carbocycles. The largest absolute Gasteiger partial charge is 0.481 e. The molecule has 1 aliphatic heterocycles. The molecule has 0 radical (unpaired) electrons. The van der Waals surface area contributed by atoms with Gasteiger partial charge < -0.3 is 25.3 Å². The van der Waals surface area contributed by atoms with Crippen LogP contribution in [0.4, 0.5) is 20.3 Å². The molecule has 16 heteroatoms. The van der Waals surface area contributed by atoms with Crippen molar-refractivity contribution in [3.8, 4) is 28.3 Å². The van der Waals surface area contributed by atoms with Crippen LogP contribution in [-0.4, -0.2) is 62.7 Å². The van der Waals surface area contributed by atoms with Crippen molar-refractivity contribution < 1.29 is 23.0 Å². The van der Waals surface area contributed by atoms with Crippen molar-refractivity contribution in [3.63, 3.8) is 0 Å². The fourth-order valence-electron chi connectivity index (χ4n) is 6.63. The van der Waals surface area contributed by atoms with Crippen molar-refractivity contribution in [2.45, 2.75) is 43.9 Å². The van der Waals surface area contributed by atoms with Crippen LogP contribution >= 0.6 is 23.2 Å². The van der Waals surface area contributed by atoms with Crippen LogP contribution in [0.2, 0.25) is 10.0 Å². The Bertz CT molecular complexity index is 2300. The van der Waals surface area contributed by atoms with E-state index in [9.17, 15) is 18.4 Å². The van der Waals surface area contributed by atoms with Gasteiger partial charge in [-0.25, -0.2) is 28.5 Å². The molecule has 1 aliphatic carbocycles. The average molecular weight is 741 g/mol. The highest BCUT2D eigenvalue weighted by Gasteiger charge is 2.33. The van der Waals surface area contributed by atoms with Crippen LogP contribution < -0.4 is 27.0 Å². The molecular formula is C35H33Cl2F2N7O5. The zero-order valence-electron chi connectivity index (χ0n) is 27.8. The highest BCUT2D eigenvalue weighted by Crippen LogP contribution is 2.43. The zero-order chi connectivity index (χ0) is 36.1. The van der Waals surface area contributed by atoms with Crippen molar-refractivity contribution in [1.82, 2.24) is 24.1 Å². The van der Waals surface area contributed by atoms with Gasteiger partial charge >= 0.3 is 5.69 Å². The summed E-state index contributed by atoms with van der Waals surface area (Å²) in [5.41, 5.74) is 9.09. The van der Waals surface area contributed by atoms with E-state index < -0.39 is 23.5 Å². The van der Waals surface area contributed by atoms with E-state index in [1.165, 1.54) is 14.1 Å². The van der Waals surface area contributed by atoms with Crippen molar-refractivity contribution in [2.75, 3.05) is 25.6 Å². The number of nitrogens with two attached hydrogens (primary N) is 1. The Morgan fingerprint density at radius 3 is 2.45 bits per heavy atom. The molecule has 1 fully saturated rings. The van der Waals surface area contributed by atoms with Gasteiger partial charge in [-0.1, -0.05) is 53.5 Å². The summed E-state index contributed by atoms with van der Waals surface area (Å²) in [5, 5.41) is 3.31. The standard InChI is InChI=1S/C35H33Cl2F2N7O5/c1-45-32-26(34(47)46(2)35(45)48)30(43-31(44-32)29(38)39)41-23-9-5-7-19(28(23)37)18-6-4-8-20(27(18)36)24-13-16-12-17(14-21(16)33(42-24)49-3)51-25-15-50-11-10-22(25)40/h4-9,13,17,22,25,29H,10-12,14-15,40H2,1-3H3,(H,41,43,44)/t17?,22-,25-/m0/s1. The lowest BCUT2D eigenvalue weighted by Gasteiger charge is -2.30. The number of pyridine rings is 1. The smallest absolute Gasteiger partial charge is 0.332 e. The van der Waals surface area contributed by atoms with Gasteiger partial charge in [0, 0.05) is 55.4 Å². The lowest BCUT2D eigenvalue weighted by atomic mass is 9.99. The van der Waals surface area contributed by atoms with E-state index in [1.807, 2.05) is 18.2 Å². The number of methoxy groups -OCH3 is 1. The first-order valence-corrected chi connectivity index (χ1v) is 16.9. The van der Waals surface area contributed by atoms with Gasteiger partial charge in [-0.3, -0.25) is 13.9 Å². The molecule has 0 saturated carbocycles. The third-order valence-electron chi connectivity index (χ3n) is 9.30. The summed E-state index contributed by atoms with van der Waals surface area (Å²) in [6, 6.07) is 12.4. The summed E-state index contributed by atoms with van der Waals surface area (Å²) in [6.45, 7) is 1.09. The van der Waals surface area contributed by atoms with E-state index in [0.29, 0.717) is 59.3 Å². The number of rotatable bonds is 8. The summed E-state index contributed by atoms with van der Waals surface area (Å²) < 4.78 is 47.3. The number of fused-ring (bicyclic) bond motifs is 2. The fourth-order valence-corrected chi connectivity index (χ4v) is 7.23. The summed E-state index contributed by atoms with van der Waals surface area (Å²) in [6.07, 6.45) is -1.35. The minimum atomic E-state index is -3.08.